The van der Waals surface area contributed by atoms with E-state index >= 15 is 0 Å². The van der Waals surface area contributed by atoms with Crippen LogP contribution in [0.2, 0.25) is 0 Å². The van der Waals surface area contributed by atoms with E-state index in [1.807, 2.05) is 71.3 Å². The second-order valence-corrected chi connectivity index (χ2v) is 15.4. The number of methoxy groups -OCH3 is 3. The molecule has 302 valence electrons. The Labute approximate surface area is 336 Å². The monoisotopic (exact) mass is 797 g/mol. The van der Waals surface area contributed by atoms with E-state index in [1.165, 1.54) is 6.33 Å². The number of nitrogens with zero attached hydrogens (tertiary/aromatic N) is 6. The zero-order valence-corrected chi connectivity index (χ0v) is 34.6. The first-order valence-electron chi connectivity index (χ1n) is 19.0. The normalized spacial score (nSPS) is 19.0. The second-order valence-electron chi connectivity index (χ2n) is 14.0. The summed E-state index contributed by atoms with van der Waals surface area (Å²) in [6.45, 7) is 8.66. The van der Waals surface area contributed by atoms with Gasteiger partial charge in [0.25, 0.3) is 8.53 Å². The van der Waals surface area contributed by atoms with Crippen LogP contribution in [0.5, 0.6) is 11.5 Å². The quantitative estimate of drug-likeness (QED) is 0.0501. The Hall–Kier alpha value is -4.71. The summed E-state index contributed by atoms with van der Waals surface area (Å²) in [7, 11) is 5.01. The summed E-state index contributed by atoms with van der Waals surface area (Å²) in [6.07, 6.45) is 0.581. The summed E-state index contributed by atoms with van der Waals surface area (Å²) < 4.78 is 49.4. The SMILES string of the molecule is CNc1ncnc2c1ncn2[C@@H]1O[C@H](COC(c2ccccc2)(c2ccc(OC)cc2)c2ccc(OC)cc2)[C@@H](OP(OCCC#N)N(C(C)C)C(C)C)[C@H]1OC. The van der Waals surface area contributed by atoms with Gasteiger partial charge in [0.15, 0.2) is 17.7 Å². The first-order chi connectivity index (χ1) is 27.7. The number of ether oxygens (including phenoxy) is 5. The van der Waals surface area contributed by atoms with Crippen molar-refractivity contribution in [2.45, 2.75) is 76.3 Å². The summed E-state index contributed by atoms with van der Waals surface area (Å²) in [5.74, 6) is 2.02. The highest BCUT2D eigenvalue weighted by Gasteiger charge is 2.51. The highest BCUT2D eigenvalue weighted by molar-refractivity contribution is 7.44. The third kappa shape index (κ3) is 8.76. The fourth-order valence-electron chi connectivity index (χ4n) is 7.35. The molecule has 1 unspecified atom stereocenters. The van der Waals surface area contributed by atoms with Gasteiger partial charge < -0.3 is 38.0 Å². The molecule has 1 fully saturated rings. The summed E-state index contributed by atoms with van der Waals surface area (Å²) in [5.41, 5.74) is 2.68. The van der Waals surface area contributed by atoms with E-state index in [4.69, 9.17) is 32.7 Å². The molecular formula is C42H52N7O7P. The highest BCUT2D eigenvalue weighted by atomic mass is 31.2. The maximum atomic E-state index is 9.42. The summed E-state index contributed by atoms with van der Waals surface area (Å²) >= 11 is 0. The van der Waals surface area contributed by atoms with Gasteiger partial charge in [-0.2, -0.15) is 5.26 Å². The first kappa shape index (κ1) is 41.9. The Balaban J connectivity index is 1.48. The van der Waals surface area contributed by atoms with Crippen LogP contribution in [0.1, 0.15) is 57.0 Å². The largest absolute Gasteiger partial charge is 0.497 e. The number of nitrogens with one attached hydrogen (secondary N) is 1. The fourth-order valence-corrected chi connectivity index (χ4v) is 9.11. The molecular weight excluding hydrogens is 745 g/mol. The molecule has 1 saturated heterocycles. The Morgan fingerprint density at radius 3 is 2.02 bits per heavy atom. The summed E-state index contributed by atoms with van der Waals surface area (Å²) in [4.78, 5) is 13.6. The molecule has 1 N–H and O–H groups in total. The lowest BCUT2D eigenvalue weighted by molar-refractivity contribution is -0.0938. The topological polar surface area (TPSA) is 147 Å². The minimum atomic E-state index is -1.71. The molecule has 5 aromatic rings. The predicted octanol–water partition coefficient (Wildman–Crippen LogP) is 7.47. The van der Waals surface area contributed by atoms with E-state index in [9.17, 15) is 5.26 Å². The average molecular weight is 798 g/mol. The van der Waals surface area contributed by atoms with Crippen molar-refractivity contribution in [3.63, 3.8) is 0 Å². The van der Waals surface area contributed by atoms with Gasteiger partial charge in [0, 0.05) is 26.2 Å². The summed E-state index contributed by atoms with van der Waals surface area (Å²) in [5, 5.41) is 12.5. The number of aromatic nitrogens is 4. The molecule has 0 amide bonds. The van der Waals surface area contributed by atoms with Gasteiger partial charge in [-0.15, -0.1) is 0 Å². The van der Waals surface area contributed by atoms with Crippen LogP contribution in [0.15, 0.2) is 91.5 Å². The smallest absolute Gasteiger partial charge is 0.259 e. The van der Waals surface area contributed by atoms with Crippen molar-refractivity contribution in [1.82, 2.24) is 24.2 Å². The second kappa shape index (κ2) is 19.2. The lowest BCUT2D eigenvalue weighted by Gasteiger charge is -2.39. The maximum absolute atomic E-state index is 9.42. The van der Waals surface area contributed by atoms with E-state index < -0.39 is 38.7 Å². The van der Waals surface area contributed by atoms with Crippen LogP contribution in [0.25, 0.3) is 11.2 Å². The number of rotatable bonds is 19. The lowest BCUT2D eigenvalue weighted by Crippen LogP contribution is -2.42. The van der Waals surface area contributed by atoms with Crippen LogP contribution in [-0.2, 0) is 28.9 Å². The zero-order valence-electron chi connectivity index (χ0n) is 33.7. The van der Waals surface area contributed by atoms with Gasteiger partial charge in [-0.1, -0.05) is 54.6 Å². The van der Waals surface area contributed by atoms with Crippen LogP contribution in [-0.4, -0.2) is 96.2 Å². The van der Waals surface area contributed by atoms with Crippen molar-refractivity contribution >= 4 is 25.5 Å². The minimum absolute atomic E-state index is 0.0576. The van der Waals surface area contributed by atoms with Crippen LogP contribution in [0, 0.1) is 11.3 Å². The Kier molecular flexibility index (Phi) is 14.1. The minimum Gasteiger partial charge on any atom is -0.497 e. The van der Waals surface area contributed by atoms with Crippen LogP contribution >= 0.6 is 8.53 Å². The number of imidazole rings is 1. The molecule has 0 bridgehead atoms. The van der Waals surface area contributed by atoms with Gasteiger partial charge in [-0.3, -0.25) is 4.57 Å². The number of hydrogen-bond acceptors (Lipinski definition) is 13. The molecule has 0 aliphatic carbocycles. The number of anilines is 1. The number of nitriles is 1. The summed E-state index contributed by atoms with van der Waals surface area (Å²) in [6, 6.07) is 28.2. The lowest BCUT2D eigenvalue weighted by atomic mass is 9.80. The Morgan fingerprint density at radius 1 is 0.860 bits per heavy atom. The molecule has 0 radical (unpaired) electrons. The van der Waals surface area contributed by atoms with Crippen molar-refractivity contribution in [2.24, 2.45) is 0 Å². The molecule has 14 nitrogen and oxygen atoms in total. The van der Waals surface area contributed by atoms with Crippen molar-refractivity contribution in [3.05, 3.63) is 108 Å². The molecule has 6 rings (SSSR count). The van der Waals surface area contributed by atoms with Crippen LogP contribution < -0.4 is 14.8 Å². The van der Waals surface area contributed by atoms with Crippen LogP contribution in [0.3, 0.4) is 0 Å². The Morgan fingerprint density at radius 2 is 1.47 bits per heavy atom. The maximum Gasteiger partial charge on any atom is 0.259 e. The van der Waals surface area contributed by atoms with Gasteiger partial charge in [0.1, 0.15) is 47.3 Å². The number of benzene rings is 3. The first-order valence-corrected chi connectivity index (χ1v) is 20.1. The van der Waals surface area contributed by atoms with Crippen LogP contribution in [0.4, 0.5) is 5.82 Å². The highest BCUT2D eigenvalue weighted by Crippen LogP contribution is 2.51. The molecule has 1 aliphatic heterocycles. The Bertz CT molecular complexity index is 2010. The number of fused-ring (bicyclic) bond motifs is 1. The van der Waals surface area contributed by atoms with Gasteiger partial charge in [-0.25, -0.2) is 19.6 Å². The molecule has 15 heteroatoms. The standard InChI is InChI=1S/C42H52N7O7P/c1-28(2)49(29(3)4)57(54-24-12-23-43)56-37-35(55-41(38(37)52-8)48-27-47-36-39(44-5)45-26-46-40(36)48)25-53-42(30-13-10-9-11-14-30,31-15-19-33(50-6)20-16-31)32-17-21-34(51-7)22-18-32/h9-11,13-22,26-29,35,37-38,41H,12,24-25H2,1-8H3,(H,44,45,46)/t35-,37-,38-,41-,57?/m1/s1. The van der Waals surface area contributed by atoms with E-state index in [0.29, 0.717) is 17.0 Å². The zero-order chi connectivity index (χ0) is 40.5. The molecule has 3 heterocycles. The molecule has 5 atom stereocenters. The van der Waals surface area contributed by atoms with E-state index in [1.54, 1.807) is 34.7 Å². The van der Waals surface area contributed by atoms with Crippen molar-refractivity contribution < 1.29 is 32.7 Å². The van der Waals surface area contributed by atoms with E-state index in [0.717, 1.165) is 28.2 Å². The predicted molar refractivity (Wildman–Crippen MR) is 218 cm³/mol. The van der Waals surface area contributed by atoms with Gasteiger partial charge in [0.2, 0.25) is 0 Å². The fraction of sp³-hybridized carbons (Fsp3) is 0.429. The molecule has 2 aromatic heterocycles. The van der Waals surface area contributed by atoms with E-state index in [2.05, 4.69) is 70.8 Å². The molecule has 57 heavy (non-hydrogen) atoms. The van der Waals surface area contributed by atoms with Crippen molar-refractivity contribution in [2.75, 3.05) is 46.9 Å². The number of hydrogen-bond donors (Lipinski definition) is 1. The van der Waals surface area contributed by atoms with E-state index in [-0.39, 0.29) is 31.7 Å². The van der Waals surface area contributed by atoms with Gasteiger partial charge in [-0.05, 0) is 68.7 Å². The average Bonchev–Trinajstić information content (AvgIpc) is 3.82. The third-order valence-corrected chi connectivity index (χ3v) is 12.1. The molecule has 3 aromatic carbocycles. The van der Waals surface area contributed by atoms with Gasteiger partial charge >= 0.3 is 0 Å². The molecule has 1 aliphatic rings. The van der Waals surface area contributed by atoms with Crippen molar-refractivity contribution in [1.29, 1.82) is 5.26 Å². The molecule has 0 spiro atoms. The molecule has 0 saturated carbocycles. The van der Waals surface area contributed by atoms with Gasteiger partial charge in [0.05, 0.1) is 46.3 Å². The van der Waals surface area contributed by atoms with Crippen molar-refractivity contribution in [3.8, 4) is 17.6 Å². The third-order valence-electron chi connectivity index (χ3n) is 9.94.